The summed E-state index contributed by atoms with van der Waals surface area (Å²) in [5, 5.41) is 4.40. The predicted molar refractivity (Wildman–Crippen MR) is 190 cm³/mol. The lowest BCUT2D eigenvalue weighted by Crippen LogP contribution is -2.15. The van der Waals surface area contributed by atoms with Crippen LogP contribution < -0.4 is 0 Å². The van der Waals surface area contributed by atoms with Gasteiger partial charge in [-0.15, -0.1) is 0 Å². The highest BCUT2D eigenvalue weighted by molar-refractivity contribution is 6.22. The maximum Gasteiger partial charge on any atom is 0.147 e. The summed E-state index contributed by atoms with van der Waals surface area (Å²) in [4.78, 5) is 9.80. The number of benzene rings is 5. The van der Waals surface area contributed by atoms with Gasteiger partial charge in [0.1, 0.15) is 22.3 Å². The molecule has 0 aliphatic heterocycles. The highest BCUT2D eigenvalue weighted by atomic mass is 16.3. The molecular weight excluding hydrogens is 576 g/mol. The third-order valence-electron chi connectivity index (χ3n) is 9.97. The van der Waals surface area contributed by atoms with Crippen molar-refractivity contribution in [2.45, 2.75) is 19.3 Å². The molecule has 0 bridgehead atoms. The maximum atomic E-state index is 6.50. The number of fused-ring (bicyclic) bond motifs is 9. The first-order chi connectivity index (χ1) is 23.0. The van der Waals surface area contributed by atoms with Gasteiger partial charge < -0.3 is 8.83 Å². The molecule has 0 radical (unpaired) electrons. The quantitative estimate of drug-likeness (QED) is 0.201. The SMILES string of the molecule is CC1(C)c2cccnc2-c2nc(-c3ccc(-c4ccc(-c5c6oc7ccccc7c6cc6c5oc5ccccc56)cc4)cc3)ccc21. The summed E-state index contributed by atoms with van der Waals surface area (Å²) in [6.45, 7) is 4.49. The number of rotatable bonds is 3. The second-order valence-electron chi connectivity index (χ2n) is 13.0. The molecule has 0 atom stereocenters. The van der Waals surface area contributed by atoms with Crippen LogP contribution in [0, 0.1) is 0 Å². The van der Waals surface area contributed by atoms with Crippen LogP contribution in [-0.4, -0.2) is 9.97 Å². The smallest absolute Gasteiger partial charge is 0.147 e. The average molecular weight is 605 g/mol. The molecule has 4 nitrogen and oxygen atoms in total. The van der Waals surface area contributed by atoms with Crippen molar-refractivity contribution in [3.63, 3.8) is 0 Å². The van der Waals surface area contributed by atoms with Crippen molar-refractivity contribution in [3.8, 4) is 44.9 Å². The third-order valence-corrected chi connectivity index (χ3v) is 9.97. The van der Waals surface area contributed by atoms with Crippen molar-refractivity contribution in [1.29, 1.82) is 0 Å². The predicted octanol–water partition coefficient (Wildman–Crippen LogP) is 11.6. The average Bonchev–Trinajstić information content (AvgIpc) is 3.75. The van der Waals surface area contributed by atoms with Crippen molar-refractivity contribution < 1.29 is 8.83 Å². The number of nitrogens with zero attached hydrogens (tertiary/aromatic N) is 2. The summed E-state index contributed by atoms with van der Waals surface area (Å²) in [7, 11) is 0. The number of furan rings is 2. The zero-order valence-corrected chi connectivity index (χ0v) is 25.9. The molecule has 0 spiro atoms. The van der Waals surface area contributed by atoms with E-state index in [4.69, 9.17) is 18.8 Å². The van der Waals surface area contributed by atoms with Crippen LogP contribution in [0.2, 0.25) is 0 Å². The summed E-state index contributed by atoms with van der Waals surface area (Å²) in [5.74, 6) is 0. The monoisotopic (exact) mass is 604 g/mol. The molecule has 1 aliphatic carbocycles. The van der Waals surface area contributed by atoms with Crippen molar-refractivity contribution >= 4 is 43.9 Å². The van der Waals surface area contributed by atoms with E-state index in [9.17, 15) is 0 Å². The Balaban J connectivity index is 1.04. The minimum Gasteiger partial charge on any atom is -0.455 e. The van der Waals surface area contributed by atoms with E-state index in [1.807, 2.05) is 36.5 Å². The van der Waals surface area contributed by atoms with Gasteiger partial charge in [-0.1, -0.05) is 111 Å². The largest absolute Gasteiger partial charge is 0.455 e. The molecule has 0 saturated heterocycles. The van der Waals surface area contributed by atoms with Crippen molar-refractivity contribution in [3.05, 3.63) is 145 Å². The fourth-order valence-electron chi connectivity index (χ4n) is 7.51. The minimum atomic E-state index is -0.105. The molecule has 47 heavy (non-hydrogen) atoms. The topological polar surface area (TPSA) is 52.1 Å². The molecule has 222 valence electrons. The Labute approximate surface area is 271 Å². The lowest BCUT2D eigenvalue weighted by atomic mass is 9.83. The Morgan fingerprint density at radius 2 is 1.04 bits per heavy atom. The van der Waals surface area contributed by atoms with E-state index < -0.39 is 0 Å². The molecule has 0 N–H and O–H groups in total. The van der Waals surface area contributed by atoms with Gasteiger partial charge >= 0.3 is 0 Å². The second-order valence-corrected chi connectivity index (χ2v) is 13.0. The van der Waals surface area contributed by atoms with Crippen molar-refractivity contribution in [1.82, 2.24) is 9.97 Å². The third kappa shape index (κ3) is 3.76. The number of hydrogen-bond donors (Lipinski definition) is 0. The van der Waals surface area contributed by atoms with Crippen LogP contribution in [0.3, 0.4) is 0 Å². The van der Waals surface area contributed by atoms with E-state index in [1.165, 1.54) is 11.1 Å². The normalized spacial score (nSPS) is 13.5. The fraction of sp³-hybridized carbons (Fsp3) is 0.0698. The number of aromatic nitrogens is 2. The van der Waals surface area contributed by atoms with Crippen LogP contribution in [0.4, 0.5) is 0 Å². The second kappa shape index (κ2) is 9.51. The standard InChI is InChI=1S/C43H28N2O2/c1-43(2)33-10-7-23-44-39(33)40-34(43)21-22-35(45-40)27-17-13-25(14-18-27)26-15-19-28(20-16-26)38-41-31(29-8-3-5-11-36(29)46-41)24-32-30-9-4-6-12-37(30)47-42(32)38/h3-24H,1-2H3. The summed E-state index contributed by atoms with van der Waals surface area (Å²) in [6.07, 6.45) is 1.86. The zero-order valence-electron chi connectivity index (χ0n) is 25.9. The molecule has 4 aromatic heterocycles. The molecule has 10 rings (SSSR count). The molecule has 0 saturated carbocycles. The first-order valence-electron chi connectivity index (χ1n) is 16.0. The van der Waals surface area contributed by atoms with Gasteiger partial charge in [-0.25, -0.2) is 4.98 Å². The summed E-state index contributed by atoms with van der Waals surface area (Å²) < 4.78 is 13.0. The van der Waals surface area contributed by atoms with Gasteiger partial charge in [0, 0.05) is 38.7 Å². The van der Waals surface area contributed by atoms with E-state index in [2.05, 4.69) is 111 Å². The van der Waals surface area contributed by atoms with E-state index in [1.54, 1.807) is 0 Å². The summed E-state index contributed by atoms with van der Waals surface area (Å²) in [6, 6.07) is 44.6. The Hall–Kier alpha value is -6.00. The fourth-order valence-corrected chi connectivity index (χ4v) is 7.51. The molecule has 0 unspecified atom stereocenters. The lowest BCUT2D eigenvalue weighted by molar-refractivity contribution is 0.657. The van der Waals surface area contributed by atoms with Gasteiger partial charge in [0.25, 0.3) is 0 Å². The van der Waals surface area contributed by atoms with Gasteiger partial charge in [-0.2, -0.15) is 0 Å². The first kappa shape index (κ1) is 26.2. The number of hydrogen-bond acceptors (Lipinski definition) is 4. The molecule has 4 heteroatoms. The molecule has 5 aromatic carbocycles. The lowest BCUT2D eigenvalue weighted by Gasteiger charge is -2.20. The Kier molecular flexibility index (Phi) is 5.31. The summed E-state index contributed by atoms with van der Waals surface area (Å²) in [5.41, 5.74) is 14.1. The molecular formula is C43H28N2O2. The van der Waals surface area contributed by atoms with Gasteiger partial charge in [0.05, 0.1) is 22.6 Å². The first-order valence-corrected chi connectivity index (χ1v) is 16.0. The van der Waals surface area contributed by atoms with E-state index in [0.717, 1.165) is 88.8 Å². The van der Waals surface area contributed by atoms with Crippen LogP contribution in [0.5, 0.6) is 0 Å². The highest BCUT2D eigenvalue weighted by Crippen LogP contribution is 2.47. The molecule has 0 amide bonds. The molecule has 1 aliphatic rings. The van der Waals surface area contributed by atoms with Crippen molar-refractivity contribution in [2.24, 2.45) is 0 Å². The Morgan fingerprint density at radius 3 is 1.68 bits per heavy atom. The minimum absolute atomic E-state index is 0.105. The Morgan fingerprint density at radius 1 is 0.489 bits per heavy atom. The zero-order chi connectivity index (χ0) is 31.3. The van der Waals surface area contributed by atoms with Gasteiger partial charge in [0.15, 0.2) is 0 Å². The Bertz CT molecular complexity index is 2610. The van der Waals surface area contributed by atoms with Crippen LogP contribution in [-0.2, 0) is 5.41 Å². The van der Waals surface area contributed by atoms with Crippen LogP contribution in [0.25, 0.3) is 88.8 Å². The maximum absolute atomic E-state index is 6.50. The van der Waals surface area contributed by atoms with E-state index >= 15 is 0 Å². The van der Waals surface area contributed by atoms with Crippen molar-refractivity contribution in [2.75, 3.05) is 0 Å². The summed E-state index contributed by atoms with van der Waals surface area (Å²) >= 11 is 0. The molecule has 4 heterocycles. The van der Waals surface area contributed by atoms with Gasteiger partial charge in [0.2, 0.25) is 0 Å². The molecule has 9 aromatic rings. The highest BCUT2D eigenvalue weighted by Gasteiger charge is 2.37. The number of pyridine rings is 2. The van der Waals surface area contributed by atoms with Crippen LogP contribution >= 0.6 is 0 Å². The van der Waals surface area contributed by atoms with Crippen LogP contribution in [0.1, 0.15) is 25.0 Å². The van der Waals surface area contributed by atoms with Gasteiger partial charge in [-0.3, -0.25) is 4.98 Å². The van der Waals surface area contributed by atoms with Gasteiger partial charge in [-0.05, 0) is 58.1 Å². The molecule has 0 fully saturated rings. The van der Waals surface area contributed by atoms with Crippen LogP contribution in [0.15, 0.2) is 142 Å². The van der Waals surface area contributed by atoms with E-state index in [0.29, 0.717) is 0 Å². The van der Waals surface area contributed by atoms with E-state index in [-0.39, 0.29) is 5.41 Å². The number of para-hydroxylation sites is 2.